The first-order chi connectivity index (χ1) is 12.4. The van der Waals surface area contributed by atoms with Gasteiger partial charge in [-0.15, -0.1) is 0 Å². The van der Waals surface area contributed by atoms with Gasteiger partial charge >= 0.3 is 0 Å². The van der Waals surface area contributed by atoms with E-state index >= 15 is 0 Å². The lowest BCUT2D eigenvalue weighted by atomic mass is 10.2. The number of hydrogen-bond acceptors (Lipinski definition) is 3. The molecule has 2 N–H and O–H groups in total. The summed E-state index contributed by atoms with van der Waals surface area (Å²) in [7, 11) is -3.65. The molecule has 0 radical (unpaired) electrons. The maximum atomic E-state index is 13.2. The zero-order valence-electron chi connectivity index (χ0n) is 14.2. The topological polar surface area (TPSA) is 75.3 Å². The minimum Gasteiger partial charge on any atom is -0.348 e. The number of sulfonamides is 1. The van der Waals surface area contributed by atoms with Crippen LogP contribution in [-0.4, -0.2) is 20.4 Å². The molecule has 2 aromatic carbocycles. The quantitative estimate of drug-likeness (QED) is 0.814. The van der Waals surface area contributed by atoms with Crippen LogP contribution in [0.4, 0.5) is 4.39 Å². The van der Waals surface area contributed by atoms with Gasteiger partial charge in [0.15, 0.2) is 0 Å². The van der Waals surface area contributed by atoms with Gasteiger partial charge in [-0.3, -0.25) is 4.79 Å². The molecule has 0 atom stereocenters. The predicted octanol–water partition coefficient (Wildman–Crippen LogP) is 2.98. The number of carbonyl (C=O) groups is 1. The Bertz CT molecular complexity index is 893. The van der Waals surface area contributed by atoms with Crippen molar-refractivity contribution in [1.29, 1.82) is 0 Å². The summed E-state index contributed by atoms with van der Waals surface area (Å²) in [6, 6.07) is 11.8. The average Bonchev–Trinajstić information content (AvgIpc) is 3.12. The zero-order chi connectivity index (χ0) is 18.6. The van der Waals surface area contributed by atoms with Crippen molar-refractivity contribution in [2.24, 2.45) is 0 Å². The number of benzene rings is 2. The Morgan fingerprint density at radius 2 is 1.81 bits per heavy atom. The summed E-state index contributed by atoms with van der Waals surface area (Å²) in [5.41, 5.74) is 0.876. The first-order valence-electron chi connectivity index (χ1n) is 8.59. The van der Waals surface area contributed by atoms with Gasteiger partial charge in [0.2, 0.25) is 10.0 Å². The second-order valence-electron chi connectivity index (χ2n) is 6.44. The van der Waals surface area contributed by atoms with E-state index in [9.17, 15) is 17.6 Å². The third kappa shape index (κ3) is 4.68. The molecule has 2 aromatic rings. The van der Waals surface area contributed by atoms with Gasteiger partial charge in [0.05, 0.1) is 4.90 Å². The summed E-state index contributed by atoms with van der Waals surface area (Å²) in [4.78, 5) is 12.4. The van der Waals surface area contributed by atoms with Crippen molar-refractivity contribution < 1.29 is 17.6 Å². The largest absolute Gasteiger partial charge is 0.348 e. The first kappa shape index (κ1) is 18.5. The van der Waals surface area contributed by atoms with Crippen LogP contribution >= 0.6 is 0 Å². The van der Waals surface area contributed by atoms with Crippen molar-refractivity contribution in [3.8, 4) is 0 Å². The number of rotatable bonds is 6. The Labute approximate surface area is 152 Å². The van der Waals surface area contributed by atoms with Crippen LogP contribution in [0.5, 0.6) is 0 Å². The molecule has 1 aliphatic carbocycles. The molecule has 0 aromatic heterocycles. The minimum absolute atomic E-state index is 0.0366. The Kier molecular flexibility index (Phi) is 5.68. The van der Waals surface area contributed by atoms with Gasteiger partial charge < -0.3 is 5.32 Å². The highest BCUT2D eigenvalue weighted by Crippen LogP contribution is 2.21. The monoisotopic (exact) mass is 376 g/mol. The Morgan fingerprint density at radius 1 is 1.08 bits per heavy atom. The Hall–Kier alpha value is -2.25. The van der Waals surface area contributed by atoms with Crippen LogP contribution in [0.25, 0.3) is 0 Å². The summed E-state index contributed by atoms with van der Waals surface area (Å²) in [5.74, 6) is -0.782. The second kappa shape index (κ2) is 7.97. The number of nitrogens with one attached hydrogen (secondary N) is 2. The number of hydrogen-bond donors (Lipinski definition) is 2. The SMILES string of the molecule is O=C(NCc1cccc(F)c1)c1cccc(S(=O)(=O)NC2CCCC2)c1. The highest BCUT2D eigenvalue weighted by atomic mass is 32.2. The Morgan fingerprint density at radius 3 is 2.54 bits per heavy atom. The maximum absolute atomic E-state index is 13.2. The van der Waals surface area contributed by atoms with E-state index in [-0.39, 0.29) is 28.9 Å². The third-order valence-corrected chi connectivity index (χ3v) is 5.94. The molecule has 5 nitrogen and oxygen atoms in total. The van der Waals surface area contributed by atoms with Gasteiger partial charge in [0.25, 0.3) is 5.91 Å². The van der Waals surface area contributed by atoms with E-state index in [0.717, 1.165) is 25.7 Å². The van der Waals surface area contributed by atoms with E-state index < -0.39 is 15.9 Å². The van der Waals surface area contributed by atoms with E-state index in [2.05, 4.69) is 10.0 Å². The summed E-state index contributed by atoms with van der Waals surface area (Å²) in [6.45, 7) is 0.161. The van der Waals surface area contributed by atoms with Crippen molar-refractivity contribution in [2.75, 3.05) is 0 Å². The van der Waals surface area contributed by atoms with Crippen molar-refractivity contribution in [1.82, 2.24) is 10.0 Å². The van der Waals surface area contributed by atoms with Crippen molar-refractivity contribution in [3.05, 3.63) is 65.5 Å². The third-order valence-electron chi connectivity index (χ3n) is 4.43. The van der Waals surface area contributed by atoms with Crippen LogP contribution in [0.1, 0.15) is 41.6 Å². The van der Waals surface area contributed by atoms with Gasteiger partial charge in [0, 0.05) is 18.2 Å². The fourth-order valence-corrected chi connectivity index (χ4v) is 4.42. The zero-order valence-corrected chi connectivity index (χ0v) is 15.1. The summed E-state index contributed by atoms with van der Waals surface area (Å²) in [5, 5.41) is 2.67. The molecule has 26 heavy (non-hydrogen) atoms. The number of amides is 1. The minimum atomic E-state index is -3.65. The molecule has 0 heterocycles. The summed E-state index contributed by atoms with van der Waals surface area (Å²) >= 11 is 0. The molecule has 1 aliphatic rings. The van der Waals surface area contributed by atoms with Gasteiger partial charge in [-0.1, -0.05) is 31.0 Å². The average molecular weight is 376 g/mol. The highest BCUT2D eigenvalue weighted by Gasteiger charge is 2.23. The lowest BCUT2D eigenvalue weighted by Crippen LogP contribution is -2.32. The smallest absolute Gasteiger partial charge is 0.251 e. The van der Waals surface area contributed by atoms with Crippen LogP contribution < -0.4 is 10.0 Å². The lowest BCUT2D eigenvalue weighted by Gasteiger charge is -2.13. The molecule has 1 fully saturated rings. The molecule has 0 bridgehead atoms. The van der Waals surface area contributed by atoms with Crippen LogP contribution in [0.2, 0.25) is 0 Å². The van der Waals surface area contributed by atoms with E-state index in [1.807, 2.05) is 0 Å². The van der Waals surface area contributed by atoms with Crippen LogP contribution in [-0.2, 0) is 16.6 Å². The van der Waals surface area contributed by atoms with E-state index in [1.165, 1.54) is 24.3 Å². The normalized spacial score (nSPS) is 15.1. The van der Waals surface area contributed by atoms with Crippen molar-refractivity contribution in [3.63, 3.8) is 0 Å². The van der Waals surface area contributed by atoms with Gasteiger partial charge in [-0.2, -0.15) is 0 Å². The summed E-state index contributed by atoms with van der Waals surface area (Å²) < 4.78 is 40.9. The van der Waals surface area contributed by atoms with E-state index in [0.29, 0.717) is 5.56 Å². The van der Waals surface area contributed by atoms with Crippen molar-refractivity contribution >= 4 is 15.9 Å². The van der Waals surface area contributed by atoms with Crippen molar-refractivity contribution in [2.45, 2.75) is 43.2 Å². The van der Waals surface area contributed by atoms with Gasteiger partial charge in [-0.05, 0) is 48.7 Å². The lowest BCUT2D eigenvalue weighted by molar-refractivity contribution is 0.0950. The van der Waals surface area contributed by atoms with Crippen LogP contribution in [0.15, 0.2) is 53.4 Å². The van der Waals surface area contributed by atoms with Crippen LogP contribution in [0, 0.1) is 5.82 Å². The van der Waals surface area contributed by atoms with E-state index in [4.69, 9.17) is 0 Å². The fourth-order valence-electron chi connectivity index (χ4n) is 3.07. The van der Waals surface area contributed by atoms with Gasteiger partial charge in [0.1, 0.15) is 5.82 Å². The maximum Gasteiger partial charge on any atom is 0.251 e. The predicted molar refractivity (Wildman–Crippen MR) is 96.6 cm³/mol. The first-order valence-corrected chi connectivity index (χ1v) is 10.1. The second-order valence-corrected chi connectivity index (χ2v) is 8.16. The molecule has 0 unspecified atom stereocenters. The standard InChI is InChI=1S/C19H21FN2O3S/c20-16-7-3-5-14(11-16)13-21-19(23)15-6-4-10-18(12-15)26(24,25)22-17-8-1-2-9-17/h3-7,10-12,17,22H,1-2,8-9,13H2,(H,21,23). The molecule has 1 saturated carbocycles. The molecule has 3 rings (SSSR count). The molecular weight excluding hydrogens is 355 g/mol. The molecule has 0 saturated heterocycles. The molecular formula is C19H21FN2O3S. The molecule has 1 amide bonds. The summed E-state index contributed by atoms with van der Waals surface area (Å²) in [6.07, 6.45) is 3.73. The van der Waals surface area contributed by atoms with E-state index in [1.54, 1.807) is 24.3 Å². The molecule has 7 heteroatoms. The fraction of sp³-hybridized carbons (Fsp3) is 0.316. The number of halogens is 1. The van der Waals surface area contributed by atoms with Gasteiger partial charge in [-0.25, -0.2) is 17.5 Å². The molecule has 0 spiro atoms. The molecule has 138 valence electrons. The Balaban J connectivity index is 1.68. The number of carbonyl (C=O) groups excluding carboxylic acids is 1. The molecule has 0 aliphatic heterocycles. The highest BCUT2D eigenvalue weighted by molar-refractivity contribution is 7.89. The van der Waals surface area contributed by atoms with Crippen LogP contribution in [0.3, 0.4) is 0 Å².